The van der Waals surface area contributed by atoms with Crippen molar-refractivity contribution in [1.29, 1.82) is 0 Å². The molecule has 2 aromatic carbocycles. The standard InChI is InChI=1S/C21H18Cl2FN3O2S/c1-12(28)25-8-2-3-13-4-6-14(7-5-13)19-11-30-21(26-19)27-20(29)15-9-18(24)17(23)10-16(15)22/h4-7,9-11H,2-3,8H2,1H3,(H,25,28)(H,26,27,29). The molecule has 156 valence electrons. The minimum Gasteiger partial charge on any atom is -0.356 e. The second-order valence-electron chi connectivity index (χ2n) is 6.52. The Morgan fingerprint density at radius 2 is 1.87 bits per heavy atom. The quantitative estimate of drug-likeness (QED) is 0.353. The third kappa shape index (κ3) is 5.78. The van der Waals surface area contributed by atoms with Crippen molar-refractivity contribution >= 4 is 51.5 Å². The van der Waals surface area contributed by atoms with Crippen LogP contribution >= 0.6 is 34.5 Å². The molecule has 0 bridgehead atoms. The number of nitrogens with zero attached hydrogens (tertiary/aromatic N) is 1. The number of halogens is 3. The minimum absolute atomic E-state index is 0.0149. The van der Waals surface area contributed by atoms with Crippen LogP contribution in [0.5, 0.6) is 0 Å². The number of hydrogen-bond donors (Lipinski definition) is 2. The molecule has 0 saturated heterocycles. The lowest BCUT2D eigenvalue weighted by Crippen LogP contribution is -2.21. The molecule has 9 heteroatoms. The number of aryl methyl sites for hydroxylation is 1. The van der Waals surface area contributed by atoms with Gasteiger partial charge in [-0.15, -0.1) is 11.3 Å². The number of rotatable bonds is 7. The Hall–Kier alpha value is -2.48. The summed E-state index contributed by atoms with van der Waals surface area (Å²) in [7, 11) is 0. The van der Waals surface area contributed by atoms with Crippen LogP contribution in [-0.2, 0) is 11.2 Å². The molecule has 0 aliphatic rings. The number of carbonyl (C=O) groups is 2. The van der Waals surface area contributed by atoms with Gasteiger partial charge in [0.05, 0.1) is 21.3 Å². The van der Waals surface area contributed by atoms with Gasteiger partial charge in [0.25, 0.3) is 5.91 Å². The third-order valence-electron chi connectivity index (χ3n) is 4.25. The van der Waals surface area contributed by atoms with E-state index in [9.17, 15) is 14.0 Å². The van der Waals surface area contributed by atoms with E-state index in [2.05, 4.69) is 15.6 Å². The molecule has 0 saturated carbocycles. The smallest absolute Gasteiger partial charge is 0.259 e. The zero-order chi connectivity index (χ0) is 21.7. The molecule has 2 N–H and O–H groups in total. The van der Waals surface area contributed by atoms with Gasteiger partial charge in [-0.2, -0.15) is 0 Å². The number of benzene rings is 2. The Morgan fingerprint density at radius 3 is 2.57 bits per heavy atom. The first-order valence-electron chi connectivity index (χ1n) is 9.08. The van der Waals surface area contributed by atoms with Crippen molar-refractivity contribution in [2.75, 3.05) is 11.9 Å². The van der Waals surface area contributed by atoms with E-state index in [0.29, 0.717) is 17.4 Å². The van der Waals surface area contributed by atoms with E-state index in [1.165, 1.54) is 24.3 Å². The van der Waals surface area contributed by atoms with Crippen LogP contribution in [0.25, 0.3) is 11.3 Å². The highest BCUT2D eigenvalue weighted by Crippen LogP contribution is 2.28. The van der Waals surface area contributed by atoms with Crippen molar-refractivity contribution in [2.45, 2.75) is 19.8 Å². The molecule has 0 atom stereocenters. The van der Waals surface area contributed by atoms with E-state index in [0.717, 1.165) is 30.0 Å². The van der Waals surface area contributed by atoms with Gasteiger partial charge in [-0.3, -0.25) is 14.9 Å². The van der Waals surface area contributed by atoms with E-state index in [4.69, 9.17) is 23.2 Å². The molecule has 0 unspecified atom stereocenters. The highest BCUT2D eigenvalue weighted by atomic mass is 35.5. The van der Waals surface area contributed by atoms with Crippen molar-refractivity contribution in [2.24, 2.45) is 0 Å². The number of hydrogen-bond acceptors (Lipinski definition) is 4. The van der Waals surface area contributed by atoms with Crippen LogP contribution in [0.2, 0.25) is 10.0 Å². The maximum Gasteiger partial charge on any atom is 0.259 e. The van der Waals surface area contributed by atoms with Gasteiger partial charge in [-0.05, 0) is 30.5 Å². The average Bonchev–Trinajstić information content (AvgIpc) is 3.16. The Bertz CT molecular complexity index is 1070. The Labute approximate surface area is 187 Å². The normalized spacial score (nSPS) is 10.7. The van der Waals surface area contributed by atoms with Gasteiger partial charge in [-0.25, -0.2) is 9.37 Å². The van der Waals surface area contributed by atoms with Crippen LogP contribution in [0.1, 0.15) is 29.3 Å². The van der Waals surface area contributed by atoms with Crippen molar-refractivity contribution in [3.63, 3.8) is 0 Å². The number of carbonyl (C=O) groups excluding carboxylic acids is 2. The van der Waals surface area contributed by atoms with Crippen LogP contribution in [-0.4, -0.2) is 23.3 Å². The highest BCUT2D eigenvalue weighted by molar-refractivity contribution is 7.14. The van der Waals surface area contributed by atoms with Crippen LogP contribution in [0.4, 0.5) is 9.52 Å². The second-order valence-corrected chi connectivity index (χ2v) is 8.19. The number of amides is 2. The molecular formula is C21H18Cl2FN3O2S. The zero-order valence-corrected chi connectivity index (χ0v) is 18.3. The van der Waals surface area contributed by atoms with E-state index >= 15 is 0 Å². The first-order valence-corrected chi connectivity index (χ1v) is 10.7. The Balaban J connectivity index is 1.63. The molecular weight excluding hydrogens is 448 g/mol. The molecule has 0 fully saturated rings. The molecule has 1 aromatic heterocycles. The van der Waals surface area contributed by atoms with Crippen LogP contribution in [0.15, 0.2) is 41.8 Å². The lowest BCUT2D eigenvalue weighted by Gasteiger charge is -2.05. The van der Waals surface area contributed by atoms with Crippen LogP contribution in [0, 0.1) is 5.82 Å². The Morgan fingerprint density at radius 1 is 1.13 bits per heavy atom. The lowest BCUT2D eigenvalue weighted by molar-refractivity contribution is -0.118. The van der Waals surface area contributed by atoms with E-state index in [-0.39, 0.29) is 21.5 Å². The van der Waals surface area contributed by atoms with Crippen molar-refractivity contribution < 1.29 is 14.0 Å². The first-order chi connectivity index (χ1) is 14.3. The van der Waals surface area contributed by atoms with E-state index in [1.807, 2.05) is 29.6 Å². The molecule has 3 aromatic rings. The lowest BCUT2D eigenvalue weighted by atomic mass is 10.1. The molecule has 30 heavy (non-hydrogen) atoms. The van der Waals surface area contributed by atoms with Crippen molar-refractivity contribution in [3.05, 3.63) is 68.8 Å². The summed E-state index contributed by atoms with van der Waals surface area (Å²) in [6.07, 6.45) is 1.72. The maximum atomic E-state index is 13.6. The van der Waals surface area contributed by atoms with Crippen molar-refractivity contribution in [3.8, 4) is 11.3 Å². The monoisotopic (exact) mass is 465 g/mol. The second kappa shape index (κ2) is 10.0. The highest BCUT2D eigenvalue weighted by Gasteiger charge is 2.16. The van der Waals surface area contributed by atoms with Crippen LogP contribution in [0.3, 0.4) is 0 Å². The molecule has 3 rings (SSSR count). The molecule has 0 aliphatic heterocycles. The van der Waals surface area contributed by atoms with Gasteiger partial charge < -0.3 is 5.32 Å². The molecule has 0 aliphatic carbocycles. The SMILES string of the molecule is CC(=O)NCCCc1ccc(-c2csc(NC(=O)c3cc(F)c(Cl)cc3Cl)n2)cc1. The summed E-state index contributed by atoms with van der Waals surface area (Å²) in [6.45, 7) is 2.15. The van der Waals surface area contributed by atoms with E-state index in [1.54, 1.807) is 0 Å². The largest absolute Gasteiger partial charge is 0.356 e. The summed E-state index contributed by atoms with van der Waals surface area (Å²) in [5, 5.41) is 7.52. The molecule has 0 radical (unpaired) electrons. The molecule has 2 amide bonds. The summed E-state index contributed by atoms with van der Waals surface area (Å²) < 4.78 is 13.6. The zero-order valence-electron chi connectivity index (χ0n) is 16.0. The van der Waals surface area contributed by atoms with Crippen LogP contribution < -0.4 is 10.6 Å². The summed E-state index contributed by atoms with van der Waals surface area (Å²) in [4.78, 5) is 27.7. The third-order valence-corrected chi connectivity index (χ3v) is 5.61. The number of anilines is 1. The molecule has 5 nitrogen and oxygen atoms in total. The Kier molecular flexibility index (Phi) is 7.42. The minimum atomic E-state index is -0.719. The average molecular weight is 466 g/mol. The van der Waals surface area contributed by atoms with Gasteiger partial charge in [-0.1, -0.05) is 47.5 Å². The molecule has 0 spiro atoms. The molecule has 1 heterocycles. The first kappa shape index (κ1) is 22.2. The summed E-state index contributed by atoms with van der Waals surface area (Å²) in [6, 6.07) is 10.1. The topological polar surface area (TPSA) is 71.1 Å². The van der Waals surface area contributed by atoms with Gasteiger partial charge in [0.1, 0.15) is 5.82 Å². The summed E-state index contributed by atoms with van der Waals surface area (Å²) in [5.41, 5.74) is 2.77. The predicted octanol–water partition coefficient (Wildman–Crippen LogP) is 5.58. The fraction of sp³-hybridized carbons (Fsp3) is 0.190. The summed E-state index contributed by atoms with van der Waals surface area (Å²) >= 11 is 12.9. The van der Waals surface area contributed by atoms with Gasteiger partial charge in [0.15, 0.2) is 5.13 Å². The predicted molar refractivity (Wildman–Crippen MR) is 119 cm³/mol. The number of thiazole rings is 1. The van der Waals surface area contributed by atoms with Gasteiger partial charge in [0.2, 0.25) is 5.91 Å². The fourth-order valence-electron chi connectivity index (χ4n) is 2.72. The van der Waals surface area contributed by atoms with Crippen molar-refractivity contribution in [1.82, 2.24) is 10.3 Å². The fourth-order valence-corrected chi connectivity index (χ4v) is 3.91. The van der Waals surface area contributed by atoms with E-state index < -0.39 is 11.7 Å². The summed E-state index contributed by atoms with van der Waals surface area (Å²) in [5.74, 6) is -1.31. The number of aromatic nitrogens is 1. The maximum absolute atomic E-state index is 13.6. The van der Waals surface area contributed by atoms with Gasteiger partial charge in [0, 0.05) is 24.4 Å². The van der Waals surface area contributed by atoms with Gasteiger partial charge >= 0.3 is 0 Å². The number of nitrogens with one attached hydrogen (secondary N) is 2.